The first-order valence-corrected chi connectivity index (χ1v) is 30.4. The molecule has 6 rings (SSSR count). The first-order chi connectivity index (χ1) is 43.3. The number of fused-ring (bicyclic) bond motifs is 1. The number of nitrogens with one attached hydrogen (secondary N) is 11. The number of carbonyl (C=O) groups excluding carboxylic acids is 10. The van der Waals surface area contributed by atoms with Crippen LogP contribution in [0.4, 0.5) is 0 Å². The number of H-pyrrole nitrogens is 2. The molecule has 2 aliphatic rings. The fraction of sp³-hybridized carbons (Fsp3) is 0.525. The second-order valence-electron chi connectivity index (χ2n) is 23.3. The Hall–Kier alpha value is -9.61. The molecule has 496 valence electrons. The number of amides is 10. The van der Waals surface area contributed by atoms with E-state index in [2.05, 4.69) is 67.8 Å². The molecule has 2 saturated heterocycles. The standard InChI is InChI=1S/C59H84N16O12.C2H4O2/c1-6-63-57(86)48-14-10-22-75(48)58(87)41(13-9-21-64-59(60)61)68-51(80)42(23-32(2)3)69-52(81)43(24-33(4)5)70-53(82)44(25-34-15-17-37(77)18-16-34)71-56(85)47(30-76)74-54(83)45(26-35-28-65-39-12-8-7-11-38(35)39)72-55(84)46(27-36-29-62-31-66-36)73-50(79)40-19-20-49(78)67-40;1-2(3)4/h7-8,11-12,15-18,28-29,31-33,40-48,65,76-77H,6,9-10,13-14,19-27,30H2,1-5H3,(H,62,66)(H,63,86)(H,67,78)(H,68,80)(H,69,81)(H,70,82)(H,71,85)(H,72,84)(H,73,79)(H,74,83)(H4,60,61,64);1H3,(H,3,4)/t40?,41?,42-,43+,44-,45-,46-,47-,48-;/m0./s1. The van der Waals surface area contributed by atoms with Gasteiger partial charge in [0.25, 0.3) is 5.97 Å². The van der Waals surface area contributed by atoms with E-state index in [1.54, 1.807) is 45.2 Å². The molecule has 2 fully saturated rings. The van der Waals surface area contributed by atoms with E-state index in [1.165, 1.54) is 41.7 Å². The van der Waals surface area contributed by atoms with Gasteiger partial charge in [0.1, 0.15) is 60.1 Å². The summed E-state index contributed by atoms with van der Waals surface area (Å²) in [6.07, 6.45) is 5.80. The zero-order chi connectivity index (χ0) is 66.9. The van der Waals surface area contributed by atoms with E-state index in [9.17, 15) is 58.2 Å². The number of imidazole rings is 1. The molecule has 0 saturated carbocycles. The minimum Gasteiger partial charge on any atom is -0.508 e. The van der Waals surface area contributed by atoms with Gasteiger partial charge in [0.15, 0.2) is 5.96 Å². The van der Waals surface area contributed by atoms with Crippen LogP contribution in [0.3, 0.4) is 0 Å². The Kier molecular flexibility index (Phi) is 28.2. The smallest absolute Gasteiger partial charge is 0.300 e. The number of phenols is 1. The molecule has 9 atom stereocenters. The largest absolute Gasteiger partial charge is 0.508 e. The highest BCUT2D eigenvalue weighted by molar-refractivity contribution is 5.99. The Balaban J connectivity index is 0.00000365. The minimum atomic E-state index is -1.75. The van der Waals surface area contributed by atoms with E-state index in [0.29, 0.717) is 41.6 Å². The van der Waals surface area contributed by atoms with Crippen molar-refractivity contribution in [3.63, 3.8) is 0 Å². The van der Waals surface area contributed by atoms with Crippen LogP contribution in [0.5, 0.6) is 5.75 Å². The summed E-state index contributed by atoms with van der Waals surface area (Å²) in [7, 11) is 0. The van der Waals surface area contributed by atoms with Crippen molar-refractivity contribution in [2.24, 2.45) is 28.3 Å². The number of aliphatic hydroxyl groups is 1. The maximum absolute atomic E-state index is 14.7. The number of aliphatic carboxylic acids is 1. The zero-order valence-corrected chi connectivity index (χ0v) is 52.1. The lowest BCUT2D eigenvalue weighted by molar-refractivity contribution is -0.142. The third-order valence-electron chi connectivity index (χ3n) is 14.9. The van der Waals surface area contributed by atoms with Crippen LogP contribution < -0.4 is 59.3 Å². The molecule has 2 aliphatic heterocycles. The fourth-order valence-corrected chi connectivity index (χ4v) is 10.5. The van der Waals surface area contributed by atoms with Crippen LogP contribution in [0.15, 0.2) is 72.2 Å². The number of hydrogen-bond acceptors (Lipinski definition) is 15. The van der Waals surface area contributed by atoms with Gasteiger partial charge in [0.05, 0.1) is 12.9 Å². The van der Waals surface area contributed by atoms with Crippen LogP contribution in [0.25, 0.3) is 10.9 Å². The van der Waals surface area contributed by atoms with Gasteiger partial charge in [-0.2, -0.15) is 0 Å². The van der Waals surface area contributed by atoms with Crippen LogP contribution in [0.1, 0.15) is 110 Å². The molecule has 0 aliphatic carbocycles. The second kappa shape index (κ2) is 35.5. The van der Waals surface area contributed by atoms with Crippen molar-refractivity contribution in [3.8, 4) is 5.75 Å². The lowest BCUT2D eigenvalue weighted by Crippen LogP contribution is -2.61. The number of carboxylic acids is 1. The number of likely N-dealkylation sites (N-methyl/N-ethyl adjacent to an activating group) is 1. The summed E-state index contributed by atoms with van der Waals surface area (Å²) >= 11 is 0. The number of nitrogens with two attached hydrogens (primary N) is 2. The van der Waals surface area contributed by atoms with Crippen LogP contribution in [0, 0.1) is 11.8 Å². The Labute approximate surface area is 526 Å². The molecule has 4 heterocycles. The summed E-state index contributed by atoms with van der Waals surface area (Å²) in [5.74, 6) is -8.39. The van der Waals surface area contributed by atoms with Crippen molar-refractivity contribution in [1.29, 1.82) is 0 Å². The molecule has 30 nitrogen and oxygen atoms in total. The number of aliphatic imine (C=N–C) groups is 1. The van der Waals surface area contributed by atoms with Crippen molar-refractivity contribution in [2.45, 2.75) is 167 Å². The average Bonchev–Trinajstić information content (AvgIpc) is 2.04. The summed E-state index contributed by atoms with van der Waals surface area (Å²) in [5.41, 5.74) is 13.3. The number of nitrogens with zero attached hydrogens (tertiary/aromatic N) is 3. The van der Waals surface area contributed by atoms with Gasteiger partial charge in [0.2, 0.25) is 59.1 Å². The summed E-state index contributed by atoms with van der Waals surface area (Å²) in [5, 5.41) is 53.3. The molecular formula is C61H88N16O14. The highest BCUT2D eigenvalue weighted by Gasteiger charge is 2.40. The number of likely N-dealkylation sites (tertiary alicyclic amines) is 1. The van der Waals surface area contributed by atoms with Gasteiger partial charge >= 0.3 is 0 Å². The van der Waals surface area contributed by atoms with Crippen molar-refractivity contribution in [1.82, 2.24) is 67.7 Å². The number of benzene rings is 2. The molecule has 10 amide bonds. The number of aliphatic hydroxyl groups excluding tert-OH is 1. The second-order valence-corrected chi connectivity index (χ2v) is 23.3. The number of carbonyl (C=O) groups is 11. The number of para-hydroxylation sites is 1. The molecule has 30 heteroatoms. The van der Waals surface area contributed by atoms with Gasteiger partial charge in [-0.3, -0.25) is 57.7 Å². The minimum absolute atomic E-state index is 0.0397. The Bertz CT molecular complexity index is 3160. The van der Waals surface area contributed by atoms with Gasteiger partial charge in [-0.25, -0.2) is 4.98 Å². The highest BCUT2D eigenvalue weighted by Crippen LogP contribution is 2.22. The summed E-state index contributed by atoms with van der Waals surface area (Å²) < 4.78 is 0. The molecule has 0 bridgehead atoms. The molecule has 0 spiro atoms. The number of rotatable bonds is 32. The number of aromatic amines is 2. The van der Waals surface area contributed by atoms with E-state index in [0.717, 1.165) is 12.4 Å². The van der Waals surface area contributed by atoms with Gasteiger partial charge in [-0.1, -0.05) is 58.0 Å². The fourth-order valence-electron chi connectivity index (χ4n) is 10.5. The van der Waals surface area contributed by atoms with Crippen LogP contribution >= 0.6 is 0 Å². The van der Waals surface area contributed by atoms with Crippen molar-refractivity contribution >= 4 is 81.9 Å². The SMILES string of the molecule is CC(=O)O.CCNC(=O)[C@@H]1CCCN1C(=O)C(CCCN=C(N)N)NC(=O)[C@H](CC(C)C)NC(=O)[C@@H](CC(C)C)NC(=O)[C@H](Cc1ccc(O)cc1)NC(=O)[C@H](CO)NC(=O)[C@H](Cc1c[nH]c2ccccc12)NC(=O)[C@H](Cc1cnc[nH]1)NC(=O)C1CCC(=O)N1. The van der Waals surface area contributed by atoms with Crippen molar-refractivity contribution in [2.75, 3.05) is 26.2 Å². The van der Waals surface area contributed by atoms with Crippen LogP contribution in [0.2, 0.25) is 0 Å². The predicted octanol–water partition coefficient (Wildman–Crippen LogP) is -1.35. The number of carboxylic acid groups (broad SMARTS) is 1. The lowest BCUT2D eigenvalue weighted by atomic mass is 9.98. The highest BCUT2D eigenvalue weighted by atomic mass is 16.4. The predicted molar refractivity (Wildman–Crippen MR) is 333 cm³/mol. The zero-order valence-electron chi connectivity index (χ0n) is 52.1. The molecule has 18 N–H and O–H groups in total. The Morgan fingerprint density at radius 3 is 1.80 bits per heavy atom. The molecule has 2 aromatic carbocycles. The molecular weight excluding hydrogens is 1180 g/mol. The first kappa shape index (κ1) is 72.1. The molecule has 2 aromatic heterocycles. The van der Waals surface area contributed by atoms with Crippen LogP contribution in [-0.4, -0.2) is 187 Å². The van der Waals surface area contributed by atoms with Gasteiger partial charge < -0.3 is 89.5 Å². The number of phenolic OH excluding ortho intramolecular Hbond substituents is 1. The molecule has 2 unspecified atom stereocenters. The molecule has 91 heavy (non-hydrogen) atoms. The monoisotopic (exact) mass is 1270 g/mol. The summed E-state index contributed by atoms with van der Waals surface area (Å²) in [4.78, 5) is 164. The molecule has 4 aromatic rings. The molecule has 0 radical (unpaired) electrons. The number of aromatic hydroxyl groups is 1. The van der Waals surface area contributed by atoms with E-state index in [1.807, 2.05) is 19.9 Å². The van der Waals surface area contributed by atoms with Crippen LogP contribution in [-0.2, 0) is 72.0 Å². The van der Waals surface area contributed by atoms with Gasteiger partial charge in [-0.05, 0) is 93.0 Å². The van der Waals surface area contributed by atoms with E-state index in [4.69, 9.17) is 21.4 Å². The average molecular weight is 1270 g/mol. The third-order valence-corrected chi connectivity index (χ3v) is 14.9. The van der Waals surface area contributed by atoms with Gasteiger partial charge in [-0.15, -0.1) is 0 Å². The maximum Gasteiger partial charge on any atom is 0.300 e. The summed E-state index contributed by atoms with van der Waals surface area (Å²) in [6.45, 7) is 9.91. The maximum atomic E-state index is 14.7. The van der Waals surface area contributed by atoms with Crippen molar-refractivity contribution in [3.05, 3.63) is 84.1 Å². The van der Waals surface area contributed by atoms with Gasteiger partial charge in [0, 0.05) is 81.2 Å². The number of guanidine groups is 1. The third kappa shape index (κ3) is 23.1. The first-order valence-electron chi connectivity index (χ1n) is 30.4. The van der Waals surface area contributed by atoms with Crippen molar-refractivity contribution < 1.29 is 68.1 Å². The quantitative estimate of drug-likeness (QED) is 0.0153. The summed E-state index contributed by atoms with van der Waals surface area (Å²) in [6, 6.07) is 1.58. The van der Waals surface area contributed by atoms with E-state index in [-0.39, 0.29) is 106 Å². The normalized spacial score (nSPS) is 16.7. The topological polar surface area (TPSA) is 469 Å². The lowest BCUT2D eigenvalue weighted by Gasteiger charge is -2.31. The Morgan fingerprint density at radius 2 is 1.25 bits per heavy atom. The van der Waals surface area contributed by atoms with E-state index >= 15 is 0 Å². The number of aromatic nitrogens is 3. The van der Waals surface area contributed by atoms with E-state index < -0.39 is 114 Å². The Morgan fingerprint density at radius 1 is 0.703 bits per heavy atom. The number of hydrogen-bond donors (Lipinski definition) is 16.